The number of carbonyl (C=O) groups excluding carboxylic acids is 2. The first kappa shape index (κ1) is 31.3. The van der Waals surface area contributed by atoms with E-state index in [9.17, 15) is 27.6 Å². The van der Waals surface area contributed by atoms with Crippen LogP contribution in [0.25, 0.3) is 0 Å². The van der Waals surface area contributed by atoms with E-state index in [1.165, 1.54) is 12.1 Å². The van der Waals surface area contributed by atoms with Gasteiger partial charge in [-0.2, -0.15) is 13.2 Å². The second kappa shape index (κ2) is 11.9. The maximum Gasteiger partial charge on any atom is 0.416 e. The standard InChI is InChI=1S/C32H38F3N3O4/c1-5-25(20-6-8-22(9-7-20)28(41)36-19-16-26(39)40)38-29(42)27(21-10-12-24(13-11-21)32(33,34)35)37-31(38)17-14-23(15-18-31)30(2,3)4/h6-13,23,25H,5,14-19H2,1-4H3,(H,36,41)(H,39,40). The van der Waals surface area contributed by atoms with E-state index in [2.05, 4.69) is 26.1 Å². The predicted octanol–water partition coefficient (Wildman–Crippen LogP) is 6.63. The van der Waals surface area contributed by atoms with Gasteiger partial charge in [-0.1, -0.05) is 52.0 Å². The van der Waals surface area contributed by atoms with Gasteiger partial charge in [0.05, 0.1) is 18.0 Å². The smallest absolute Gasteiger partial charge is 0.416 e. The summed E-state index contributed by atoms with van der Waals surface area (Å²) in [4.78, 5) is 44.2. The lowest BCUT2D eigenvalue weighted by molar-refractivity contribution is -0.138. The number of carboxylic acid groups (broad SMARTS) is 1. The molecule has 2 amide bonds. The maximum atomic E-state index is 14.1. The molecule has 1 fully saturated rings. The van der Waals surface area contributed by atoms with Crippen LogP contribution in [-0.2, 0) is 15.8 Å². The van der Waals surface area contributed by atoms with Crippen molar-refractivity contribution in [3.63, 3.8) is 0 Å². The Bertz CT molecular complexity index is 1340. The largest absolute Gasteiger partial charge is 0.481 e. The second-order valence-corrected chi connectivity index (χ2v) is 12.3. The Morgan fingerprint density at radius 2 is 1.64 bits per heavy atom. The highest BCUT2D eigenvalue weighted by Crippen LogP contribution is 2.49. The maximum absolute atomic E-state index is 14.1. The van der Waals surface area contributed by atoms with Crippen molar-refractivity contribution >= 4 is 23.5 Å². The Kier molecular flexibility index (Phi) is 8.85. The van der Waals surface area contributed by atoms with E-state index in [4.69, 9.17) is 10.1 Å². The number of hydrogen-bond acceptors (Lipinski definition) is 4. The van der Waals surface area contributed by atoms with Gasteiger partial charge in [-0.3, -0.25) is 19.4 Å². The molecule has 4 rings (SSSR count). The van der Waals surface area contributed by atoms with E-state index in [1.807, 2.05) is 11.8 Å². The molecular formula is C32H38F3N3O4. The quantitative estimate of drug-likeness (QED) is 0.364. The van der Waals surface area contributed by atoms with Gasteiger partial charge < -0.3 is 15.3 Å². The Morgan fingerprint density at radius 1 is 1.05 bits per heavy atom. The molecule has 2 aromatic carbocycles. The van der Waals surface area contributed by atoms with Crippen LogP contribution in [0.1, 0.15) is 99.3 Å². The van der Waals surface area contributed by atoms with E-state index in [0.717, 1.165) is 30.5 Å². The van der Waals surface area contributed by atoms with Crippen molar-refractivity contribution < 1.29 is 32.7 Å². The van der Waals surface area contributed by atoms with Gasteiger partial charge in [0.2, 0.25) is 0 Å². The van der Waals surface area contributed by atoms with E-state index in [-0.39, 0.29) is 36.0 Å². The number of aliphatic imine (C=N–C) groups is 1. The number of alkyl halides is 3. The van der Waals surface area contributed by atoms with Crippen LogP contribution in [0, 0.1) is 11.3 Å². The van der Waals surface area contributed by atoms with Crippen molar-refractivity contribution in [2.75, 3.05) is 6.54 Å². The van der Waals surface area contributed by atoms with Crippen molar-refractivity contribution in [3.05, 3.63) is 70.8 Å². The van der Waals surface area contributed by atoms with Gasteiger partial charge in [-0.15, -0.1) is 0 Å². The molecular weight excluding hydrogens is 547 g/mol. The Labute approximate surface area is 244 Å². The summed E-state index contributed by atoms with van der Waals surface area (Å²) in [7, 11) is 0. The number of rotatable bonds is 8. The van der Waals surface area contributed by atoms with Gasteiger partial charge in [0.1, 0.15) is 11.4 Å². The van der Waals surface area contributed by atoms with Gasteiger partial charge >= 0.3 is 12.1 Å². The van der Waals surface area contributed by atoms with Crippen molar-refractivity contribution in [1.29, 1.82) is 0 Å². The number of nitrogens with one attached hydrogen (secondary N) is 1. The molecule has 0 radical (unpaired) electrons. The Balaban J connectivity index is 1.66. The summed E-state index contributed by atoms with van der Waals surface area (Å²) >= 11 is 0. The van der Waals surface area contributed by atoms with Gasteiger partial charge in [0, 0.05) is 17.7 Å². The minimum Gasteiger partial charge on any atom is -0.481 e. The number of benzene rings is 2. The number of carbonyl (C=O) groups is 3. The minimum absolute atomic E-state index is 0.0118. The molecule has 0 saturated heterocycles. The fourth-order valence-electron chi connectivity index (χ4n) is 6.16. The molecule has 0 bridgehead atoms. The topological polar surface area (TPSA) is 99.1 Å². The molecule has 1 spiro atoms. The van der Waals surface area contributed by atoms with Crippen LogP contribution in [0.5, 0.6) is 0 Å². The highest BCUT2D eigenvalue weighted by Gasteiger charge is 2.52. The zero-order valence-electron chi connectivity index (χ0n) is 24.4. The SMILES string of the molecule is CCC(c1ccc(C(=O)NCCC(=O)O)cc1)N1C(=O)C(c2ccc(C(F)(F)F)cc2)=NC12CCC(C(C)(C)C)CC2. The lowest BCUT2D eigenvalue weighted by atomic mass is 9.69. The molecule has 0 aromatic heterocycles. The summed E-state index contributed by atoms with van der Waals surface area (Å²) in [5, 5.41) is 11.4. The van der Waals surface area contributed by atoms with Crippen molar-refractivity contribution in [2.24, 2.45) is 16.3 Å². The molecule has 1 heterocycles. The van der Waals surface area contributed by atoms with Gasteiger partial charge in [-0.25, -0.2) is 0 Å². The first-order valence-corrected chi connectivity index (χ1v) is 14.4. The predicted molar refractivity (Wildman–Crippen MR) is 153 cm³/mol. The van der Waals surface area contributed by atoms with E-state index >= 15 is 0 Å². The first-order valence-electron chi connectivity index (χ1n) is 14.4. The molecule has 2 aliphatic rings. The zero-order chi connectivity index (χ0) is 30.9. The monoisotopic (exact) mass is 585 g/mol. The molecule has 42 heavy (non-hydrogen) atoms. The number of hydrogen-bond donors (Lipinski definition) is 2. The number of carboxylic acids is 1. The Hall–Kier alpha value is -3.69. The summed E-state index contributed by atoms with van der Waals surface area (Å²) in [5.41, 5.74) is 0.211. The molecule has 10 heteroatoms. The van der Waals surface area contributed by atoms with Crippen molar-refractivity contribution in [1.82, 2.24) is 10.2 Å². The van der Waals surface area contributed by atoms with Crippen LogP contribution >= 0.6 is 0 Å². The van der Waals surface area contributed by atoms with Gasteiger partial charge in [-0.05, 0) is 73.3 Å². The van der Waals surface area contributed by atoms with Crippen molar-refractivity contribution in [2.45, 2.75) is 84.1 Å². The average molecular weight is 586 g/mol. The second-order valence-electron chi connectivity index (χ2n) is 12.3. The molecule has 1 aliphatic carbocycles. The summed E-state index contributed by atoms with van der Waals surface area (Å²) in [6.45, 7) is 8.60. The van der Waals surface area contributed by atoms with Crippen LogP contribution in [-0.4, -0.2) is 45.7 Å². The van der Waals surface area contributed by atoms with Crippen molar-refractivity contribution in [3.8, 4) is 0 Å². The fraction of sp³-hybridized carbons (Fsp3) is 0.500. The van der Waals surface area contributed by atoms with Crippen LogP contribution in [0.3, 0.4) is 0 Å². The third-order valence-electron chi connectivity index (χ3n) is 8.57. The first-order chi connectivity index (χ1) is 19.7. The molecule has 1 atom stereocenters. The molecule has 2 N–H and O–H groups in total. The van der Waals surface area contributed by atoms with Gasteiger partial charge in [0.15, 0.2) is 0 Å². The highest BCUT2D eigenvalue weighted by atomic mass is 19.4. The number of aliphatic carboxylic acids is 1. The summed E-state index contributed by atoms with van der Waals surface area (Å²) in [6.07, 6.45) is -1.08. The third-order valence-corrected chi connectivity index (χ3v) is 8.57. The summed E-state index contributed by atoms with van der Waals surface area (Å²) < 4.78 is 39.6. The minimum atomic E-state index is -4.48. The van der Waals surface area contributed by atoms with Gasteiger partial charge in [0.25, 0.3) is 11.8 Å². The van der Waals surface area contributed by atoms with Crippen LogP contribution in [0.15, 0.2) is 53.5 Å². The zero-order valence-corrected chi connectivity index (χ0v) is 24.4. The van der Waals surface area contributed by atoms with Crippen LogP contribution in [0.4, 0.5) is 13.2 Å². The molecule has 7 nitrogen and oxygen atoms in total. The van der Waals surface area contributed by atoms with Crippen LogP contribution < -0.4 is 5.32 Å². The normalized spacial score (nSPS) is 21.8. The summed E-state index contributed by atoms with van der Waals surface area (Å²) in [6, 6.07) is 11.1. The molecule has 226 valence electrons. The highest BCUT2D eigenvalue weighted by molar-refractivity contribution is 6.46. The van der Waals surface area contributed by atoms with E-state index < -0.39 is 29.3 Å². The number of halogens is 3. The third kappa shape index (κ3) is 6.52. The molecule has 1 saturated carbocycles. The molecule has 2 aromatic rings. The van der Waals surface area contributed by atoms with E-state index in [1.54, 1.807) is 24.3 Å². The Morgan fingerprint density at radius 3 is 2.14 bits per heavy atom. The fourth-order valence-corrected chi connectivity index (χ4v) is 6.16. The number of nitrogens with zero attached hydrogens (tertiary/aromatic N) is 2. The summed E-state index contributed by atoms with van der Waals surface area (Å²) in [5.74, 6) is -1.26. The molecule has 1 aliphatic heterocycles. The molecule has 1 unspecified atom stereocenters. The van der Waals surface area contributed by atoms with Crippen LogP contribution in [0.2, 0.25) is 0 Å². The number of amides is 2. The lowest BCUT2D eigenvalue weighted by Crippen LogP contribution is -2.51. The lowest BCUT2D eigenvalue weighted by Gasteiger charge is -2.47. The average Bonchev–Trinajstić information content (AvgIpc) is 3.20. The van der Waals surface area contributed by atoms with E-state index in [0.29, 0.717) is 36.3 Å².